The van der Waals surface area contributed by atoms with Gasteiger partial charge in [-0.25, -0.2) is 0 Å². The van der Waals surface area contributed by atoms with E-state index in [9.17, 15) is 10.2 Å². The number of aromatic hydroxyl groups is 2. The van der Waals surface area contributed by atoms with E-state index in [0.29, 0.717) is 13.2 Å². The Balaban J connectivity index is 2.10. The van der Waals surface area contributed by atoms with Crippen LogP contribution in [0.2, 0.25) is 0 Å². The Morgan fingerprint density at radius 1 is 0.600 bits per heavy atom. The van der Waals surface area contributed by atoms with Crippen LogP contribution in [0.4, 0.5) is 0 Å². The molecule has 30 heavy (non-hydrogen) atoms. The van der Waals surface area contributed by atoms with Crippen molar-refractivity contribution in [3.05, 3.63) is 60.7 Å². The number of hydrogen-bond acceptors (Lipinski definition) is 4. The molecule has 0 bridgehead atoms. The predicted molar refractivity (Wildman–Crippen MR) is 121 cm³/mol. The van der Waals surface area contributed by atoms with E-state index in [1.165, 1.54) is 0 Å². The van der Waals surface area contributed by atoms with Gasteiger partial charge in [0.05, 0.1) is 13.2 Å². The molecule has 0 radical (unpaired) electrons. The van der Waals surface area contributed by atoms with Crippen molar-refractivity contribution in [2.75, 3.05) is 13.2 Å². The molecule has 0 aliphatic heterocycles. The highest BCUT2D eigenvalue weighted by molar-refractivity contribution is 5.81. The van der Waals surface area contributed by atoms with Crippen LogP contribution in [0.25, 0.3) is 22.3 Å². The summed E-state index contributed by atoms with van der Waals surface area (Å²) in [7, 11) is 0. The second-order valence-electron chi connectivity index (χ2n) is 7.34. The fraction of sp³-hybridized carbons (Fsp3) is 0.308. The summed E-state index contributed by atoms with van der Waals surface area (Å²) >= 11 is 0. The van der Waals surface area contributed by atoms with Crippen LogP contribution in [0.1, 0.15) is 39.5 Å². The van der Waals surface area contributed by atoms with Gasteiger partial charge in [0.15, 0.2) is 0 Å². The topological polar surface area (TPSA) is 58.9 Å². The molecule has 4 nitrogen and oxygen atoms in total. The molecule has 0 spiro atoms. The van der Waals surface area contributed by atoms with E-state index in [0.717, 1.165) is 59.4 Å². The number of rotatable bonds is 10. The summed E-state index contributed by atoms with van der Waals surface area (Å²) in [4.78, 5) is 0. The first-order valence-electron chi connectivity index (χ1n) is 10.6. The summed E-state index contributed by atoms with van der Waals surface area (Å²) in [6.07, 6.45) is 4.05. The maximum atomic E-state index is 9.68. The maximum Gasteiger partial charge on any atom is 0.128 e. The van der Waals surface area contributed by atoms with Crippen molar-refractivity contribution in [3.8, 4) is 45.3 Å². The SMILES string of the molecule is CCCCOc1cc(-c2ccc(O)cc2)c(OCCCC)cc1-c1ccc(O)cc1. The van der Waals surface area contributed by atoms with E-state index >= 15 is 0 Å². The Bertz CT molecular complexity index is 851. The normalized spacial score (nSPS) is 10.7. The highest BCUT2D eigenvalue weighted by Gasteiger charge is 2.16. The molecule has 0 saturated heterocycles. The molecule has 0 atom stereocenters. The lowest BCUT2D eigenvalue weighted by molar-refractivity contribution is 0.303. The predicted octanol–water partition coefficient (Wildman–Crippen LogP) is 6.79. The van der Waals surface area contributed by atoms with Gasteiger partial charge in [0, 0.05) is 11.1 Å². The van der Waals surface area contributed by atoms with E-state index < -0.39 is 0 Å². The molecule has 3 aromatic rings. The third-order valence-corrected chi connectivity index (χ3v) is 4.95. The van der Waals surface area contributed by atoms with Crippen molar-refractivity contribution >= 4 is 0 Å². The Labute approximate surface area is 178 Å². The summed E-state index contributed by atoms with van der Waals surface area (Å²) in [6.45, 7) is 5.53. The number of unbranched alkanes of at least 4 members (excludes halogenated alkanes) is 2. The van der Waals surface area contributed by atoms with Crippen molar-refractivity contribution < 1.29 is 19.7 Å². The van der Waals surface area contributed by atoms with Crippen molar-refractivity contribution in [1.29, 1.82) is 0 Å². The molecule has 158 valence electrons. The van der Waals surface area contributed by atoms with E-state index in [1.807, 2.05) is 36.4 Å². The van der Waals surface area contributed by atoms with Crippen LogP contribution in [0.5, 0.6) is 23.0 Å². The lowest BCUT2D eigenvalue weighted by Crippen LogP contribution is -2.02. The molecule has 0 aliphatic carbocycles. The van der Waals surface area contributed by atoms with Crippen LogP contribution in [0.3, 0.4) is 0 Å². The van der Waals surface area contributed by atoms with E-state index in [2.05, 4.69) is 13.8 Å². The van der Waals surface area contributed by atoms with Gasteiger partial charge in [-0.1, -0.05) is 51.0 Å². The third kappa shape index (κ3) is 5.47. The molecule has 0 saturated carbocycles. The van der Waals surface area contributed by atoms with Crippen LogP contribution < -0.4 is 9.47 Å². The summed E-state index contributed by atoms with van der Waals surface area (Å²) in [5.41, 5.74) is 3.77. The highest BCUT2D eigenvalue weighted by Crippen LogP contribution is 2.41. The Hall–Kier alpha value is -3.14. The van der Waals surface area contributed by atoms with Crippen LogP contribution in [0, 0.1) is 0 Å². The molecule has 0 aliphatic rings. The fourth-order valence-electron chi connectivity index (χ4n) is 3.18. The van der Waals surface area contributed by atoms with Gasteiger partial charge in [-0.2, -0.15) is 0 Å². The lowest BCUT2D eigenvalue weighted by atomic mass is 9.97. The molecule has 3 aromatic carbocycles. The average Bonchev–Trinajstić information content (AvgIpc) is 2.76. The van der Waals surface area contributed by atoms with Gasteiger partial charge in [0.2, 0.25) is 0 Å². The number of phenols is 2. The Morgan fingerprint density at radius 2 is 0.967 bits per heavy atom. The van der Waals surface area contributed by atoms with Crippen LogP contribution in [0.15, 0.2) is 60.7 Å². The number of benzene rings is 3. The van der Waals surface area contributed by atoms with Gasteiger partial charge in [-0.3, -0.25) is 0 Å². The molecule has 0 aromatic heterocycles. The van der Waals surface area contributed by atoms with Gasteiger partial charge in [-0.05, 0) is 60.4 Å². The smallest absolute Gasteiger partial charge is 0.128 e. The van der Waals surface area contributed by atoms with Crippen molar-refractivity contribution in [2.24, 2.45) is 0 Å². The van der Waals surface area contributed by atoms with Crippen molar-refractivity contribution in [2.45, 2.75) is 39.5 Å². The average molecular weight is 407 g/mol. The molecule has 2 N–H and O–H groups in total. The van der Waals surface area contributed by atoms with Gasteiger partial charge in [0.25, 0.3) is 0 Å². The minimum absolute atomic E-state index is 0.229. The zero-order valence-electron chi connectivity index (χ0n) is 17.7. The van der Waals surface area contributed by atoms with Crippen LogP contribution in [-0.2, 0) is 0 Å². The van der Waals surface area contributed by atoms with E-state index in [1.54, 1.807) is 24.3 Å². The zero-order chi connectivity index (χ0) is 21.3. The first-order valence-corrected chi connectivity index (χ1v) is 10.6. The van der Waals surface area contributed by atoms with Gasteiger partial charge >= 0.3 is 0 Å². The van der Waals surface area contributed by atoms with Crippen molar-refractivity contribution in [3.63, 3.8) is 0 Å². The first-order chi connectivity index (χ1) is 14.6. The van der Waals surface area contributed by atoms with E-state index in [-0.39, 0.29) is 11.5 Å². The van der Waals surface area contributed by atoms with Gasteiger partial charge < -0.3 is 19.7 Å². The molecular formula is C26H30O4. The molecule has 0 heterocycles. The standard InChI is InChI=1S/C26H30O4/c1-3-5-15-29-25-17-24(20-9-13-22(28)14-10-20)26(30-16-6-4-2)18-23(25)19-7-11-21(27)12-8-19/h7-14,17-18,27-28H,3-6,15-16H2,1-2H3. The van der Waals surface area contributed by atoms with E-state index in [4.69, 9.17) is 9.47 Å². The molecule has 3 rings (SSSR count). The maximum absolute atomic E-state index is 9.68. The third-order valence-electron chi connectivity index (χ3n) is 4.95. The molecule has 0 amide bonds. The minimum Gasteiger partial charge on any atom is -0.508 e. The van der Waals surface area contributed by atoms with Crippen LogP contribution in [-0.4, -0.2) is 23.4 Å². The second kappa shape index (κ2) is 10.6. The molecule has 4 heteroatoms. The first kappa shape index (κ1) is 21.6. The minimum atomic E-state index is 0.229. The Morgan fingerprint density at radius 3 is 1.30 bits per heavy atom. The number of phenolic OH excluding ortho intramolecular Hbond substituents is 2. The van der Waals surface area contributed by atoms with Gasteiger partial charge in [-0.15, -0.1) is 0 Å². The number of ether oxygens (including phenoxy) is 2. The summed E-state index contributed by atoms with van der Waals surface area (Å²) < 4.78 is 12.3. The summed E-state index contributed by atoms with van der Waals surface area (Å²) in [5.74, 6) is 2.01. The second-order valence-corrected chi connectivity index (χ2v) is 7.34. The summed E-state index contributed by atoms with van der Waals surface area (Å²) in [6, 6.07) is 18.3. The molecule has 0 unspecified atom stereocenters. The summed E-state index contributed by atoms with van der Waals surface area (Å²) in [5, 5.41) is 19.4. The highest BCUT2D eigenvalue weighted by atomic mass is 16.5. The zero-order valence-corrected chi connectivity index (χ0v) is 17.7. The largest absolute Gasteiger partial charge is 0.508 e. The van der Waals surface area contributed by atoms with Gasteiger partial charge in [0.1, 0.15) is 23.0 Å². The monoisotopic (exact) mass is 406 g/mol. The Kier molecular flexibility index (Phi) is 7.61. The number of hydrogen-bond donors (Lipinski definition) is 2. The lowest BCUT2D eigenvalue weighted by Gasteiger charge is -2.18. The van der Waals surface area contributed by atoms with Crippen LogP contribution >= 0.6 is 0 Å². The van der Waals surface area contributed by atoms with Crippen molar-refractivity contribution in [1.82, 2.24) is 0 Å². The molecule has 0 fully saturated rings. The molecular weight excluding hydrogens is 376 g/mol. The fourth-order valence-corrected chi connectivity index (χ4v) is 3.18. The quantitative estimate of drug-likeness (QED) is 0.364.